The molecule has 0 saturated heterocycles. The van der Waals surface area contributed by atoms with Gasteiger partial charge in [-0.1, -0.05) is 11.3 Å². The smallest absolute Gasteiger partial charge is 0.410 e. The molecular formula is C22H17N5O5S. The molecule has 1 aliphatic rings. The van der Waals surface area contributed by atoms with Gasteiger partial charge in [0.2, 0.25) is 0 Å². The number of carboxylic acid groups (broad SMARTS) is 2. The number of amides is 1. The summed E-state index contributed by atoms with van der Waals surface area (Å²) in [6.45, 7) is 0. The van der Waals surface area contributed by atoms with Gasteiger partial charge in [0.05, 0.1) is 34.6 Å². The van der Waals surface area contributed by atoms with Crippen LogP contribution in [0.1, 0.15) is 21.6 Å². The quantitative estimate of drug-likeness (QED) is 0.404. The number of benzene rings is 1. The Hall–Kier alpha value is -4.25. The second-order valence-corrected chi connectivity index (χ2v) is 8.25. The van der Waals surface area contributed by atoms with Gasteiger partial charge in [0.1, 0.15) is 11.4 Å². The molecule has 1 aromatic carbocycles. The maximum atomic E-state index is 11.4. The molecule has 0 unspecified atom stereocenters. The van der Waals surface area contributed by atoms with Gasteiger partial charge in [-0.05, 0) is 43.2 Å². The van der Waals surface area contributed by atoms with Crippen molar-refractivity contribution >= 4 is 28.5 Å². The number of pyridine rings is 1. The maximum Gasteiger partial charge on any atom is 0.410 e. The number of hydrogen-bond donors (Lipinski definition) is 3. The first-order valence-corrected chi connectivity index (χ1v) is 10.7. The summed E-state index contributed by atoms with van der Waals surface area (Å²) in [6.07, 6.45) is 3.52. The van der Waals surface area contributed by atoms with Crippen molar-refractivity contribution in [1.82, 2.24) is 19.7 Å². The fourth-order valence-electron chi connectivity index (χ4n) is 3.91. The highest BCUT2D eigenvalue weighted by Crippen LogP contribution is 2.45. The molecule has 1 aliphatic carbocycles. The number of carbonyl (C=O) groups is 2. The van der Waals surface area contributed by atoms with Crippen LogP contribution in [0.2, 0.25) is 0 Å². The van der Waals surface area contributed by atoms with E-state index in [2.05, 4.69) is 15.3 Å². The maximum absolute atomic E-state index is 11.4. The van der Waals surface area contributed by atoms with Crippen LogP contribution < -0.4 is 10.1 Å². The molecule has 0 aliphatic heterocycles. The van der Waals surface area contributed by atoms with Crippen LogP contribution in [-0.2, 0) is 12.8 Å². The minimum absolute atomic E-state index is 0.0931. The van der Waals surface area contributed by atoms with Gasteiger partial charge in [-0.25, -0.2) is 19.3 Å². The first-order chi connectivity index (χ1) is 16.0. The molecule has 0 saturated carbocycles. The predicted molar refractivity (Wildman–Crippen MR) is 120 cm³/mol. The zero-order valence-corrected chi connectivity index (χ0v) is 18.1. The summed E-state index contributed by atoms with van der Waals surface area (Å²) in [5, 5.41) is 26.0. The summed E-state index contributed by atoms with van der Waals surface area (Å²) < 4.78 is 7.21. The van der Waals surface area contributed by atoms with Crippen LogP contribution in [-0.4, -0.2) is 49.1 Å². The minimum atomic E-state index is -1.18. The third-order valence-corrected chi connectivity index (χ3v) is 6.33. The zero-order chi connectivity index (χ0) is 23.1. The van der Waals surface area contributed by atoms with E-state index >= 15 is 0 Å². The van der Waals surface area contributed by atoms with Gasteiger partial charge in [-0.3, -0.25) is 10.3 Å². The van der Waals surface area contributed by atoms with Crippen molar-refractivity contribution in [1.29, 1.82) is 0 Å². The van der Waals surface area contributed by atoms with Gasteiger partial charge in [0, 0.05) is 23.5 Å². The molecule has 11 heteroatoms. The van der Waals surface area contributed by atoms with E-state index in [-0.39, 0.29) is 10.7 Å². The van der Waals surface area contributed by atoms with Crippen molar-refractivity contribution in [3.05, 3.63) is 59.5 Å². The largest absolute Gasteiger partial charge is 0.494 e. The summed E-state index contributed by atoms with van der Waals surface area (Å²) in [5.41, 5.74) is 4.76. The summed E-state index contributed by atoms with van der Waals surface area (Å²) >= 11 is 1.23. The van der Waals surface area contributed by atoms with Gasteiger partial charge in [0.15, 0.2) is 5.13 Å². The highest BCUT2D eigenvalue weighted by molar-refractivity contribution is 7.19. The van der Waals surface area contributed by atoms with Gasteiger partial charge >= 0.3 is 12.1 Å². The van der Waals surface area contributed by atoms with Crippen molar-refractivity contribution in [2.24, 2.45) is 0 Å². The van der Waals surface area contributed by atoms with Crippen molar-refractivity contribution in [2.75, 3.05) is 12.4 Å². The second kappa shape index (κ2) is 8.02. The molecule has 33 heavy (non-hydrogen) atoms. The lowest BCUT2D eigenvalue weighted by atomic mass is 9.95. The fourth-order valence-corrected chi connectivity index (χ4v) is 4.97. The molecule has 3 N–H and O–H groups in total. The number of nitrogens with zero attached hydrogens (tertiary/aromatic N) is 4. The second-order valence-electron chi connectivity index (χ2n) is 7.25. The summed E-state index contributed by atoms with van der Waals surface area (Å²) in [7, 11) is 1.47. The molecule has 3 aromatic heterocycles. The van der Waals surface area contributed by atoms with Crippen LogP contribution in [0.15, 0.2) is 42.7 Å². The van der Waals surface area contributed by atoms with Crippen molar-refractivity contribution in [3.8, 4) is 33.3 Å². The lowest BCUT2D eigenvalue weighted by Crippen LogP contribution is -2.08. The van der Waals surface area contributed by atoms with E-state index in [0.29, 0.717) is 24.3 Å². The average molecular weight is 463 g/mol. The van der Waals surface area contributed by atoms with E-state index < -0.39 is 12.1 Å². The molecule has 0 atom stereocenters. The van der Waals surface area contributed by atoms with E-state index in [4.69, 9.17) is 14.9 Å². The minimum Gasteiger partial charge on any atom is -0.494 e. The number of anilines is 1. The number of methoxy groups -OCH3 is 1. The number of ether oxygens (including phenoxy) is 1. The SMILES string of the molecule is COc1cc(C(=O)O)ccc1-n1nc(-c2cccnc2)c2c1-c1sc(NC(=O)O)nc1CC2. The molecule has 0 spiro atoms. The number of aromatic carboxylic acids is 1. The van der Waals surface area contributed by atoms with E-state index in [9.17, 15) is 14.7 Å². The van der Waals surface area contributed by atoms with Crippen LogP contribution >= 0.6 is 11.3 Å². The standard InChI is InChI=1S/C22H17N5O5S/c1-32-16-9-11(20(28)29)4-7-15(16)27-18-13(17(26-27)12-3-2-8-23-10-12)5-6-14-19(18)33-21(24-14)25-22(30)31/h2-4,7-10H,5-6H2,1H3,(H,24,25)(H,28,29)(H,30,31). The zero-order valence-electron chi connectivity index (χ0n) is 17.3. The van der Waals surface area contributed by atoms with E-state index in [0.717, 1.165) is 33.1 Å². The third kappa shape index (κ3) is 3.57. The number of nitrogens with one attached hydrogen (secondary N) is 1. The first-order valence-electron chi connectivity index (χ1n) is 9.90. The fraction of sp³-hybridized carbons (Fsp3) is 0.136. The molecular weight excluding hydrogens is 446 g/mol. The summed E-state index contributed by atoms with van der Waals surface area (Å²) in [6, 6.07) is 8.34. The number of thiazole rings is 1. The van der Waals surface area contributed by atoms with Crippen LogP contribution in [0, 0.1) is 0 Å². The van der Waals surface area contributed by atoms with E-state index in [1.54, 1.807) is 23.1 Å². The molecule has 3 heterocycles. The van der Waals surface area contributed by atoms with Gasteiger partial charge in [-0.15, -0.1) is 0 Å². The van der Waals surface area contributed by atoms with Gasteiger partial charge in [-0.2, -0.15) is 5.10 Å². The molecule has 5 rings (SSSR count). The van der Waals surface area contributed by atoms with Gasteiger partial charge in [0.25, 0.3) is 0 Å². The number of carboxylic acids is 1. The number of aromatic nitrogens is 4. The molecule has 0 fully saturated rings. The highest BCUT2D eigenvalue weighted by atomic mass is 32.1. The Bertz CT molecular complexity index is 1400. The van der Waals surface area contributed by atoms with Crippen LogP contribution in [0.4, 0.5) is 9.93 Å². The molecule has 1 amide bonds. The Morgan fingerprint density at radius 2 is 2.06 bits per heavy atom. The first kappa shape index (κ1) is 20.6. The molecule has 10 nitrogen and oxygen atoms in total. The summed E-state index contributed by atoms with van der Waals surface area (Å²) in [5.74, 6) is -0.717. The number of fused-ring (bicyclic) bond motifs is 3. The molecule has 166 valence electrons. The Balaban J connectivity index is 1.76. The Morgan fingerprint density at radius 3 is 2.76 bits per heavy atom. The monoisotopic (exact) mass is 463 g/mol. The van der Waals surface area contributed by atoms with Crippen LogP contribution in [0.5, 0.6) is 5.75 Å². The van der Waals surface area contributed by atoms with Crippen molar-refractivity contribution < 1.29 is 24.5 Å². The Morgan fingerprint density at radius 1 is 1.21 bits per heavy atom. The van der Waals surface area contributed by atoms with Gasteiger partial charge < -0.3 is 14.9 Å². The van der Waals surface area contributed by atoms with E-state index in [1.807, 2.05) is 12.1 Å². The Kier molecular flexibility index (Phi) is 5.02. The number of hydrogen-bond acceptors (Lipinski definition) is 7. The lowest BCUT2D eigenvalue weighted by molar-refractivity contribution is 0.0696. The third-order valence-electron chi connectivity index (χ3n) is 5.31. The van der Waals surface area contributed by atoms with Crippen molar-refractivity contribution in [2.45, 2.75) is 12.8 Å². The highest BCUT2D eigenvalue weighted by Gasteiger charge is 2.31. The van der Waals surface area contributed by atoms with Crippen molar-refractivity contribution in [3.63, 3.8) is 0 Å². The van der Waals surface area contributed by atoms with E-state index in [1.165, 1.54) is 30.6 Å². The van der Waals surface area contributed by atoms with Crippen LogP contribution in [0.25, 0.3) is 27.5 Å². The van der Waals surface area contributed by atoms with Crippen LogP contribution in [0.3, 0.4) is 0 Å². The molecule has 4 aromatic rings. The topological polar surface area (TPSA) is 139 Å². The normalized spacial score (nSPS) is 12.0. The number of aryl methyl sites for hydroxylation is 1. The average Bonchev–Trinajstić information content (AvgIpc) is 3.39. The molecule has 0 bridgehead atoms. The summed E-state index contributed by atoms with van der Waals surface area (Å²) in [4.78, 5) is 32.1. The number of rotatable bonds is 5. The lowest BCUT2D eigenvalue weighted by Gasteiger charge is -2.16. The predicted octanol–water partition coefficient (Wildman–Crippen LogP) is 3.95. The Labute approximate surface area is 191 Å². The molecule has 0 radical (unpaired) electrons.